The van der Waals surface area contributed by atoms with Crippen molar-refractivity contribution in [1.82, 2.24) is 0 Å². The average molecular weight is 425 g/mol. The van der Waals surface area contributed by atoms with E-state index in [1.54, 1.807) is 6.92 Å². The molecule has 0 bridgehead atoms. The van der Waals surface area contributed by atoms with E-state index in [0.29, 0.717) is 0 Å². The van der Waals surface area contributed by atoms with Gasteiger partial charge in [-0.15, -0.1) is 0 Å². The molecule has 4 unspecified atom stereocenters. The van der Waals surface area contributed by atoms with Gasteiger partial charge in [-0.2, -0.15) is 0 Å². The Morgan fingerprint density at radius 1 is 0.833 bits per heavy atom. The first-order valence-corrected chi connectivity index (χ1v) is 8.37. The van der Waals surface area contributed by atoms with Gasteiger partial charge in [0.2, 0.25) is 0 Å². The van der Waals surface area contributed by atoms with E-state index in [1.165, 1.54) is 0 Å². The molecule has 0 aromatic heterocycles. The molecular weight excluding hydrogens is 415 g/mol. The maximum Gasteiger partial charge on any atom is 4.00 e. The Hall–Kier alpha value is 1.52. The van der Waals surface area contributed by atoms with Crippen LogP contribution in [0.2, 0.25) is 0 Å². The van der Waals surface area contributed by atoms with Gasteiger partial charge in [-0.25, -0.2) is 0 Å². The van der Waals surface area contributed by atoms with E-state index in [0.717, 1.165) is 0 Å². The summed E-state index contributed by atoms with van der Waals surface area (Å²) < 4.78 is 43.6. The maximum absolute atomic E-state index is 9.29. The fourth-order valence-corrected chi connectivity index (χ4v) is 1.22. The van der Waals surface area contributed by atoms with Gasteiger partial charge in [-0.05, 0) is 6.92 Å². The number of aliphatic hydroxyl groups excluding tert-OH is 1. The van der Waals surface area contributed by atoms with Crippen molar-refractivity contribution in [3.63, 3.8) is 0 Å². The third kappa shape index (κ3) is 52.8. The van der Waals surface area contributed by atoms with E-state index in [2.05, 4.69) is 8.62 Å². The SMILES string of the molecule is CCO.O=[PH]([O-])O[PH](=O)[O-].O=[PH]([O-])O[PH](=O)[O-].[Zr+4]. The Morgan fingerprint density at radius 3 is 0.944 bits per heavy atom. The molecule has 4 atom stereocenters. The Balaban J connectivity index is -0.0000000857. The molecule has 0 saturated heterocycles. The third-order valence-corrected chi connectivity index (χ3v) is 3.00. The molecule has 1 N–H and O–H groups in total. The van der Waals surface area contributed by atoms with Crippen LogP contribution in [0.4, 0.5) is 0 Å². The Kier molecular flexibility index (Phi) is 32.2. The first-order chi connectivity index (χ1) is 7.67. The molecule has 16 heteroatoms. The number of aliphatic hydroxyl groups is 1. The van der Waals surface area contributed by atoms with Crippen molar-refractivity contribution in [2.75, 3.05) is 6.61 Å². The van der Waals surface area contributed by atoms with Crippen LogP contribution in [-0.4, -0.2) is 11.7 Å². The Bertz CT molecular complexity index is 218. The summed E-state index contributed by atoms with van der Waals surface area (Å²) in [6, 6.07) is 0. The van der Waals surface area contributed by atoms with Crippen molar-refractivity contribution in [3.8, 4) is 0 Å². The number of hydrogen-bond donors (Lipinski definition) is 1. The van der Waals surface area contributed by atoms with Crippen molar-refractivity contribution in [2.24, 2.45) is 0 Å². The largest absolute Gasteiger partial charge is 4.00 e. The molecule has 0 aliphatic heterocycles. The second-order valence-electron chi connectivity index (χ2n) is 1.52. The van der Waals surface area contributed by atoms with Gasteiger partial charge < -0.3 is 42.9 Å². The van der Waals surface area contributed by atoms with Crippen LogP contribution >= 0.6 is 33.0 Å². The standard InChI is InChI=1S/C2H6O.2H4O5P2.Zr/c1-2-3;2*1-6(2)5-7(3)4;/h3H,2H2,1H3;2*6-7H,(H,1,2)(H,3,4);/q;;;+4/p-4. The summed E-state index contributed by atoms with van der Waals surface area (Å²) in [4.78, 5) is 37.1. The minimum Gasteiger partial charge on any atom is -0.781 e. The molecule has 108 valence electrons. The van der Waals surface area contributed by atoms with E-state index >= 15 is 0 Å². The van der Waals surface area contributed by atoms with E-state index < -0.39 is 33.0 Å². The molecule has 0 amide bonds. The van der Waals surface area contributed by atoms with E-state index in [-0.39, 0.29) is 32.8 Å². The molecule has 0 aliphatic rings. The molecular formula is C2H10O11P4Zr. The van der Waals surface area contributed by atoms with E-state index in [4.69, 9.17) is 5.11 Å². The summed E-state index contributed by atoms with van der Waals surface area (Å²) in [5, 5.41) is 7.57. The van der Waals surface area contributed by atoms with Gasteiger partial charge in [0.1, 0.15) is 33.0 Å². The summed E-state index contributed by atoms with van der Waals surface area (Å²) in [6.07, 6.45) is 0. The van der Waals surface area contributed by atoms with Crippen LogP contribution in [0.3, 0.4) is 0 Å². The van der Waals surface area contributed by atoms with Gasteiger partial charge in [0, 0.05) is 6.61 Å². The van der Waals surface area contributed by atoms with Crippen LogP contribution in [-0.2, 0) is 53.1 Å². The van der Waals surface area contributed by atoms with Crippen LogP contribution in [0.5, 0.6) is 0 Å². The minimum absolute atomic E-state index is 0. The van der Waals surface area contributed by atoms with Gasteiger partial charge in [-0.1, -0.05) is 0 Å². The van der Waals surface area contributed by atoms with E-state index in [9.17, 15) is 37.8 Å². The quantitative estimate of drug-likeness (QED) is 0.450. The molecule has 0 rings (SSSR count). The second kappa shape index (κ2) is 20.8. The second-order valence-corrected chi connectivity index (χ2v) is 5.15. The fourth-order valence-electron chi connectivity index (χ4n) is 0.136. The zero-order valence-corrected chi connectivity index (χ0v) is 15.2. The minimum atomic E-state index is -3.51. The number of hydrogen-bond acceptors (Lipinski definition) is 11. The molecule has 0 aromatic rings. The van der Waals surface area contributed by atoms with Gasteiger partial charge in [0.15, 0.2) is 0 Å². The monoisotopic (exact) mass is 424 g/mol. The molecule has 0 aliphatic carbocycles. The molecule has 0 heterocycles. The van der Waals surface area contributed by atoms with Gasteiger partial charge >= 0.3 is 26.2 Å². The van der Waals surface area contributed by atoms with Crippen LogP contribution in [0.1, 0.15) is 6.92 Å². The molecule has 0 saturated carbocycles. The van der Waals surface area contributed by atoms with Crippen LogP contribution < -0.4 is 19.6 Å². The van der Waals surface area contributed by atoms with Crippen LogP contribution in [0, 0.1) is 0 Å². The van der Waals surface area contributed by atoms with E-state index in [1.807, 2.05) is 0 Å². The van der Waals surface area contributed by atoms with Crippen molar-refractivity contribution in [3.05, 3.63) is 0 Å². The zero-order chi connectivity index (χ0) is 14.4. The van der Waals surface area contributed by atoms with Crippen LogP contribution in [0.15, 0.2) is 0 Å². The third-order valence-electron chi connectivity index (χ3n) is 0.333. The summed E-state index contributed by atoms with van der Waals surface area (Å²) in [7, 11) is -14.1. The molecule has 0 aromatic carbocycles. The van der Waals surface area contributed by atoms with Crippen LogP contribution in [0.25, 0.3) is 0 Å². The van der Waals surface area contributed by atoms with Gasteiger partial charge in [-0.3, -0.25) is 8.62 Å². The Morgan fingerprint density at radius 2 is 0.944 bits per heavy atom. The summed E-state index contributed by atoms with van der Waals surface area (Å²) in [6.45, 7) is 1.93. The summed E-state index contributed by atoms with van der Waals surface area (Å²) in [5.74, 6) is 0. The van der Waals surface area contributed by atoms with Crippen molar-refractivity contribution in [2.45, 2.75) is 6.92 Å². The first kappa shape index (κ1) is 27.8. The Labute approximate surface area is 124 Å². The topological polar surface area (TPSA) is 199 Å². The number of rotatable bonds is 4. The maximum atomic E-state index is 9.29. The summed E-state index contributed by atoms with van der Waals surface area (Å²) >= 11 is 0. The zero-order valence-electron chi connectivity index (χ0n) is 8.74. The first-order valence-electron chi connectivity index (χ1n) is 3.47. The molecule has 0 fully saturated rings. The molecule has 0 spiro atoms. The molecule has 18 heavy (non-hydrogen) atoms. The average Bonchev–Trinajstić information content (AvgIpc) is 1.99. The van der Waals surface area contributed by atoms with Crippen molar-refractivity contribution < 1.29 is 77.8 Å². The van der Waals surface area contributed by atoms with Crippen molar-refractivity contribution >= 4 is 33.0 Å². The molecule has 11 nitrogen and oxygen atoms in total. The molecule has 0 radical (unpaired) electrons. The fraction of sp³-hybridized carbons (Fsp3) is 1.00. The van der Waals surface area contributed by atoms with Gasteiger partial charge in [0.25, 0.3) is 0 Å². The predicted molar refractivity (Wildman–Crippen MR) is 50.9 cm³/mol. The van der Waals surface area contributed by atoms with Gasteiger partial charge in [0.05, 0.1) is 0 Å². The predicted octanol–water partition coefficient (Wildman–Crippen LogP) is -3.00. The normalized spacial score (nSPS) is 15.4. The smallest absolute Gasteiger partial charge is 0.781 e. The summed E-state index contributed by atoms with van der Waals surface area (Å²) in [5.41, 5.74) is 0. The van der Waals surface area contributed by atoms with Crippen molar-refractivity contribution in [1.29, 1.82) is 0 Å².